The summed E-state index contributed by atoms with van der Waals surface area (Å²) < 4.78 is 4.12. The number of piperidine rings is 1. The Morgan fingerprint density at radius 1 is 1.26 bits per heavy atom. The number of aromatic nitrogens is 5. The highest BCUT2D eigenvalue weighted by Gasteiger charge is 2.26. The molecule has 1 aromatic carbocycles. The van der Waals surface area contributed by atoms with Crippen LogP contribution in [0.15, 0.2) is 30.6 Å². The second kappa shape index (κ2) is 7.38. The third kappa shape index (κ3) is 3.39. The van der Waals surface area contributed by atoms with Crippen molar-refractivity contribution in [3.63, 3.8) is 0 Å². The minimum Gasteiger partial charge on any atom is -0.331 e. The molecular weight excluding hydrogens is 342 g/mol. The summed E-state index contributed by atoms with van der Waals surface area (Å²) in [6.07, 6.45) is 3.38. The van der Waals surface area contributed by atoms with Gasteiger partial charge in [-0.1, -0.05) is 12.1 Å². The van der Waals surface area contributed by atoms with E-state index >= 15 is 0 Å². The molecule has 142 valence electrons. The number of aryl methyl sites for hydroxylation is 2. The molecule has 8 heteroatoms. The molecule has 2 amide bonds. The first kappa shape index (κ1) is 17.5. The van der Waals surface area contributed by atoms with Crippen molar-refractivity contribution >= 4 is 17.1 Å². The van der Waals surface area contributed by atoms with Crippen LogP contribution in [0.2, 0.25) is 0 Å². The fourth-order valence-corrected chi connectivity index (χ4v) is 3.91. The first-order valence-electron chi connectivity index (χ1n) is 9.50. The van der Waals surface area contributed by atoms with Crippen LogP contribution in [0.1, 0.15) is 37.5 Å². The SMILES string of the molecule is CCn1ncnc1CNC(=O)N1CCC(n2c(C)nc3ccccc32)CC1. The number of urea groups is 1. The molecular formula is C19H25N7O. The number of fused-ring (bicyclic) bond motifs is 1. The molecule has 1 N–H and O–H groups in total. The molecule has 3 aromatic rings. The smallest absolute Gasteiger partial charge is 0.317 e. The van der Waals surface area contributed by atoms with Crippen LogP contribution in [0.25, 0.3) is 11.0 Å². The van der Waals surface area contributed by atoms with E-state index in [1.54, 1.807) is 4.68 Å². The summed E-state index contributed by atoms with van der Waals surface area (Å²) >= 11 is 0. The van der Waals surface area contributed by atoms with E-state index in [1.807, 2.05) is 17.9 Å². The Morgan fingerprint density at radius 2 is 2.04 bits per heavy atom. The van der Waals surface area contributed by atoms with Gasteiger partial charge in [0.15, 0.2) is 0 Å². The van der Waals surface area contributed by atoms with Gasteiger partial charge in [0.05, 0.1) is 17.6 Å². The van der Waals surface area contributed by atoms with Crippen LogP contribution >= 0.6 is 0 Å². The number of hydrogen-bond acceptors (Lipinski definition) is 4. The number of carbonyl (C=O) groups is 1. The Morgan fingerprint density at radius 3 is 2.81 bits per heavy atom. The Labute approximate surface area is 158 Å². The van der Waals surface area contributed by atoms with E-state index < -0.39 is 0 Å². The van der Waals surface area contributed by atoms with Gasteiger partial charge in [-0.05, 0) is 38.8 Å². The average molecular weight is 367 g/mol. The number of nitrogens with one attached hydrogen (secondary N) is 1. The largest absolute Gasteiger partial charge is 0.331 e. The fourth-order valence-electron chi connectivity index (χ4n) is 3.91. The number of rotatable bonds is 4. The molecule has 1 aliphatic heterocycles. The van der Waals surface area contributed by atoms with Gasteiger partial charge in [0.1, 0.15) is 18.0 Å². The Bertz CT molecular complexity index is 937. The molecule has 27 heavy (non-hydrogen) atoms. The zero-order chi connectivity index (χ0) is 18.8. The Balaban J connectivity index is 1.37. The number of imidazole rings is 1. The van der Waals surface area contributed by atoms with Gasteiger partial charge in [-0.25, -0.2) is 19.4 Å². The van der Waals surface area contributed by atoms with E-state index in [0.717, 1.165) is 49.6 Å². The van der Waals surface area contributed by atoms with Gasteiger partial charge in [0.25, 0.3) is 0 Å². The van der Waals surface area contributed by atoms with Crippen molar-refractivity contribution in [2.75, 3.05) is 13.1 Å². The summed E-state index contributed by atoms with van der Waals surface area (Å²) in [5.74, 6) is 1.82. The van der Waals surface area contributed by atoms with Crippen molar-refractivity contribution in [1.82, 2.24) is 34.5 Å². The number of amides is 2. The summed E-state index contributed by atoms with van der Waals surface area (Å²) in [5.41, 5.74) is 2.21. The summed E-state index contributed by atoms with van der Waals surface area (Å²) in [6, 6.07) is 8.59. The van der Waals surface area contributed by atoms with Crippen LogP contribution in [0.4, 0.5) is 4.79 Å². The van der Waals surface area contributed by atoms with Crippen LogP contribution in [-0.2, 0) is 13.1 Å². The van der Waals surface area contributed by atoms with E-state index in [1.165, 1.54) is 11.8 Å². The van der Waals surface area contributed by atoms with Crippen LogP contribution in [-0.4, -0.2) is 48.3 Å². The van der Waals surface area contributed by atoms with Crippen molar-refractivity contribution in [3.05, 3.63) is 42.2 Å². The molecule has 0 spiro atoms. The molecule has 0 aliphatic carbocycles. The Hall–Kier alpha value is -2.90. The molecule has 0 bridgehead atoms. The summed E-state index contributed by atoms with van der Waals surface area (Å²) in [4.78, 5) is 23.3. The number of benzene rings is 1. The van der Waals surface area contributed by atoms with E-state index in [9.17, 15) is 4.79 Å². The lowest BCUT2D eigenvalue weighted by Crippen LogP contribution is -2.44. The number of likely N-dealkylation sites (tertiary alicyclic amines) is 1. The zero-order valence-corrected chi connectivity index (χ0v) is 15.8. The van der Waals surface area contributed by atoms with Crippen LogP contribution < -0.4 is 5.32 Å². The monoisotopic (exact) mass is 367 g/mol. The molecule has 0 atom stereocenters. The van der Waals surface area contributed by atoms with Crippen molar-refractivity contribution in [1.29, 1.82) is 0 Å². The zero-order valence-electron chi connectivity index (χ0n) is 15.8. The first-order valence-corrected chi connectivity index (χ1v) is 9.50. The lowest BCUT2D eigenvalue weighted by atomic mass is 10.0. The minimum absolute atomic E-state index is 0.0358. The maximum atomic E-state index is 12.5. The number of carbonyl (C=O) groups excluding carboxylic acids is 1. The van der Waals surface area contributed by atoms with Gasteiger partial charge in [0.2, 0.25) is 0 Å². The van der Waals surface area contributed by atoms with Crippen molar-refractivity contribution in [2.24, 2.45) is 0 Å². The molecule has 1 aliphatic rings. The molecule has 1 fully saturated rings. The molecule has 3 heterocycles. The van der Waals surface area contributed by atoms with Crippen molar-refractivity contribution in [3.8, 4) is 0 Å². The van der Waals surface area contributed by atoms with Gasteiger partial charge >= 0.3 is 6.03 Å². The lowest BCUT2D eigenvalue weighted by molar-refractivity contribution is 0.171. The summed E-state index contributed by atoms with van der Waals surface area (Å²) in [7, 11) is 0. The predicted molar refractivity (Wildman–Crippen MR) is 102 cm³/mol. The molecule has 2 aromatic heterocycles. The third-order valence-electron chi connectivity index (χ3n) is 5.28. The van der Waals surface area contributed by atoms with E-state index in [0.29, 0.717) is 12.6 Å². The first-order chi connectivity index (χ1) is 13.2. The van der Waals surface area contributed by atoms with Gasteiger partial charge in [-0.3, -0.25) is 0 Å². The summed E-state index contributed by atoms with van der Waals surface area (Å²) in [5, 5.41) is 7.09. The lowest BCUT2D eigenvalue weighted by Gasteiger charge is -2.33. The third-order valence-corrected chi connectivity index (χ3v) is 5.28. The van der Waals surface area contributed by atoms with Gasteiger partial charge in [-0.15, -0.1) is 0 Å². The van der Waals surface area contributed by atoms with Gasteiger partial charge < -0.3 is 14.8 Å². The maximum absolute atomic E-state index is 12.5. The molecule has 0 radical (unpaired) electrons. The topological polar surface area (TPSA) is 80.9 Å². The van der Waals surface area contributed by atoms with Crippen molar-refractivity contribution in [2.45, 2.75) is 45.8 Å². The molecule has 0 unspecified atom stereocenters. The van der Waals surface area contributed by atoms with Crippen LogP contribution in [0.3, 0.4) is 0 Å². The van der Waals surface area contributed by atoms with E-state index in [-0.39, 0.29) is 6.03 Å². The number of nitrogens with zero attached hydrogens (tertiary/aromatic N) is 6. The highest BCUT2D eigenvalue weighted by Crippen LogP contribution is 2.28. The number of para-hydroxylation sites is 2. The molecule has 8 nitrogen and oxygen atoms in total. The van der Waals surface area contributed by atoms with E-state index in [2.05, 4.69) is 50.1 Å². The maximum Gasteiger partial charge on any atom is 0.317 e. The van der Waals surface area contributed by atoms with Gasteiger partial charge in [-0.2, -0.15) is 5.10 Å². The second-order valence-electron chi connectivity index (χ2n) is 6.89. The highest BCUT2D eigenvalue weighted by molar-refractivity contribution is 5.76. The van der Waals surface area contributed by atoms with Crippen molar-refractivity contribution < 1.29 is 4.79 Å². The molecule has 1 saturated heterocycles. The quantitative estimate of drug-likeness (QED) is 0.768. The minimum atomic E-state index is -0.0358. The normalized spacial score (nSPS) is 15.4. The van der Waals surface area contributed by atoms with Gasteiger partial charge in [0, 0.05) is 25.7 Å². The van der Waals surface area contributed by atoms with Crippen LogP contribution in [0.5, 0.6) is 0 Å². The fraction of sp³-hybridized carbons (Fsp3) is 0.474. The summed E-state index contributed by atoms with van der Waals surface area (Å²) in [6.45, 7) is 6.69. The standard InChI is InChI=1S/C19H25N7O/c1-3-25-18(21-13-22-25)12-20-19(27)24-10-8-15(9-11-24)26-14(2)23-16-6-4-5-7-17(16)26/h4-7,13,15H,3,8-12H2,1-2H3,(H,20,27). The Kier molecular flexibility index (Phi) is 4.79. The average Bonchev–Trinajstić information content (AvgIpc) is 3.29. The predicted octanol–water partition coefficient (Wildman–Crippen LogP) is 2.50. The second-order valence-corrected chi connectivity index (χ2v) is 6.89. The molecule has 4 rings (SSSR count). The molecule has 0 saturated carbocycles. The highest BCUT2D eigenvalue weighted by atomic mass is 16.2. The van der Waals surface area contributed by atoms with Crippen LogP contribution in [0, 0.1) is 6.92 Å². The van der Waals surface area contributed by atoms with E-state index in [4.69, 9.17) is 0 Å². The number of hydrogen-bond donors (Lipinski definition) is 1.